The topological polar surface area (TPSA) is 37.8 Å². The van der Waals surface area contributed by atoms with Crippen molar-refractivity contribution in [2.75, 3.05) is 6.54 Å². The van der Waals surface area contributed by atoms with Crippen LogP contribution in [0.1, 0.15) is 26.5 Å². The summed E-state index contributed by atoms with van der Waals surface area (Å²) in [5.41, 5.74) is 1.16. The molecule has 0 radical (unpaired) electrons. The molecule has 2 rings (SSSR count). The van der Waals surface area contributed by atoms with Gasteiger partial charge in [0.15, 0.2) is 0 Å². The molecule has 0 aliphatic carbocycles. The van der Waals surface area contributed by atoms with Crippen LogP contribution in [0.4, 0.5) is 0 Å². The molecule has 4 heteroatoms. The molecule has 2 heterocycles. The van der Waals surface area contributed by atoms with Crippen LogP contribution in [0.2, 0.25) is 0 Å². The fourth-order valence-corrected chi connectivity index (χ4v) is 2.77. The number of aromatic nitrogens is 2. The Kier molecular flexibility index (Phi) is 4.07. The highest BCUT2D eigenvalue weighted by atomic mass is 32.1. The van der Waals surface area contributed by atoms with Crippen molar-refractivity contribution in [3.63, 3.8) is 0 Å². The average Bonchev–Trinajstić information content (AvgIpc) is 2.77. The number of hydrogen-bond donors (Lipinski definition) is 1. The van der Waals surface area contributed by atoms with E-state index in [-0.39, 0.29) is 0 Å². The Bertz CT molecular complexity index is 478. The van der Waals surface area contributed by atoms with Crippen LogP contribution in [-0.4, -0.2) is 22.6 Å². The Morgan fingerprint density at radius 2 is 2.18 bits per heavy atom. The van der Waals surface area contributed by atoms with E-state index >= 15 is 0 Å². The number of hydrogen-bond acceptors (Lipinski definition) is 4. The maximum atomic E-state index is 4.44. The molecule has 0 bridgehead atoms. The molecule has 1 unspecified atom stereocenters. The number of nitrogens with zero attached hydrogens (tertiary/aromatic N) is 2. The molecule has 92 valence electrons. The number of likely N-dealkylation sites (N-methyl/N-ethyl adjacent to an activating group) is 1. The van der Waals surface area contributed by atoms with Crippen molar-refractivity contribution in [1.82, 2.24) is 15.3 Å². The smallest absolute Gasteiger partial charge is 0.126 e. The predicted octanol–water partition coefficient (Wildman–Crippen LogP) is 2.87. The molecule has 0 aromatic carbocycles. The van der Waals surface area contributed by atoms with Crippen LogP contribution in [0.3, 0.4) is 0 Å². The second-order valence-electron chi connectivity index (χ2n) is 4.57. The lowest BCUT2D eigenvalue weighted by molar-refractivity contribution is 0.403. The molecular weight excluding hydrogens is 230 g/mol. The quantitative estimate of drug-likeness (QED) is 0.885. The highest BCUT2D eigenvalue weighted by Crippen LogP contribution is 2.22. The first-order chi connectivity index (χ1) is 8.22. The molecular formula is C13H19N3S. The molecule has 0 aliphatic rings. The van der Waals surface area contributed by atoms with E-state index in [9.17, 15) is 0 Å². The molecule has 1 N–H and O–H groups in total. The second kappa shape index (κ2) is 5.56. The third kappa shape index (κ3) is 2.82. The van der Waals surface area contributed by atoms with Crippen molar-refractivity contribution < 1.29 is 0 Å². The number of fused-ring (bicyclic) bond motifs is 1. The van der Waals surface area contributed by atoms with Gasteiger partial charge >= 0.3 is 0 Å². The van der Waals surface area contributed by atoms with Crippen molar-refractivity contribution in [1.29, 1.82) is 0 Å². The minimum atomic E-state index is 0.484. The number of nitrogens with one attached hydrogen (secondary N) is 1. The molecule has 3 nitrogen and oxygen atoms in total. The number of rotatable bonds is 5. The van der Waals surface area contributed by atoms with Gasteiger partial charge in [-0.3, -0.25) is 0 Å². The largest absolute Gasteiger partial charge is 0.314 e. The maximum absolute atomic E-state index is 4.44. The van der Waals surface area contributed by atoms with Crippen LogP contribution in [0.5, 0.6) is 0 Å². The Morgan fingerprint density at radius 3 is 2.88 bits per heavy atom. The van der Waals surface area contributed by atoms with Crippen molar-refractivity contribution in [2.24, 2.45) is 5.92 Å². The Labute approximate surface area is 106 Å². The minimum absolute atomic E-state index is 0.484. The first-order valence-electron chi connectivity index (χ1n) is 6.12. The van der Waals surface area contributed by atoms with Gasteiger partial charge < -0.3 is 5.32 Å². The molecule has 0 amide bonds. The van der Waals surface area contributed by atoms with E-state index < -0.39 is 0 Å². The maximum Gasteiger partial charge on any atom is 0.126 e. The summed E-state index contributed by atoms with van der Waals surface area (Å²) in [6, 6.07) is 2.61. The molecule has 1 atom stereocenters. The zero-order valence-electron chi connectivity index (χ0n) is 10.6. The van der Waals surface area contributed by atoms with Crippen LogP contribution >= 0.6 is 11.3 Å². The summed E-state index contributed by atoms with van der Waals surface area (Å²) in [5, 5.41) is 6.82. The van der Waals surface area contributed by atoms with Crippen molar-refractivity contribution in [3.8, 4) is 0 Å². The molecule has 17 heavy (non-hydrogen) atoms. The Hall–Kier alpha value is -1.00. The summed E-state index contributed by atoms with van der Waals surface area (Å²) in [7, 11) is 0. The summed E-state index contributed by atoms with van der Waals surface area (Å²) >= 11 is 1.68. The van der Waals surface area contributed by atoms with Crippen LogP contribution < -0.4 is 5.32 Å². The molecule has 0 fully saturated rings. The van der Waals surface area contributed by atoms with E-state index in [1.807, 2.05) is 0 Å². The molecule has 0 aliphatic heterocycles. The van der Waals surface area contributed by atoms with Gasteiger partial charge in [0.05, 0.1) is 5.69 Å². The molecule has 0 spiro atoms. The average molecular weight is 249 g/mol. The van der Waals surface area contributed by atoms with E-state index in [1.165, 1.54) is 5.39 Å². The molecule has 0 saturated carbocycles. The second-order valence-corrected chi connectivity index (χ2v) is 5.47. The summed E-state index contributed by atoms with van der Waals surface area (Å²) in [4.78, 5) is 9.82. The van der Waals surface area contributed by atoms with Gasteiger partial charge in [0.2, 0.25) is 0 Å². The summed E-state index contributed by atoms with van der Waals surface area (Å²) in [5.74, 6) is 0.610. The van der Waals surface area contributed by atoms with Gasteiger partial charge in [-0.2, -0.15) is 0 Å². The lowest BCUT2D eigenvalue weighted by atomic mass is 9.98. The summed E-state index contributed by atoms with van der Waals surface area (Å²) in [6.07, 6.45) is 2.65. The highest BCUT2D eigenvalue weighted by Gasteiger charge is 2.15. The standard InChI is InChI=1S/C13H19N3S/c1-4-14-11(9(2)3)7-12-10-5-6-17-13(10)16-8-15-12/h5-6,8-9,11,14H,4,7H2,1-3H3. The monoisotopic (exact) mass is 249 g/mol. The third-order valence-electron chi connectivity index (χ3n) is 3.03. The van der Waals surface area contributed by atoms with Gasteiger partial charge in [0, 0.05) is 17.8 Å². The van der Waals surface area contributed by atoms with Crippen molar-refractivity contribution >= 4 is 21.6 Å². The summed E-state index contributed by atoms with van der Waals surface area (Å²) in [6.45, 7) is 7.65. The van der Waals surface area contributed by atoms with Crippen LogP contribution in [0, 0.1) is 5.92 Å². The lowest BCUT2D eigenvalue weighted by Crippen LogP contribution is -2.35. The van der Waals surface area contributed by atoms with Gasteiger partial charge in [-0.1, -0.05) is 20.8 Å². The summed E-state index contributed by atoms with van der Waals surface area (Å²) < 4.78 is 0. The third-order valence-corrected chi connectivity index (χ3v) is 3.85. The van der Waals surface area contributed by atoms with Gasteiger partial charge in [-0.05, 0) is 23.9 Å². The zero-order valence-corrected chi connectivity index (χ0v) is 11.4. The first kappa shape index (κ1) is 12.5. The van der Waals surface area contributed by atoms with E-state index in [1.54, 1.807) is 17.7 Å². The molecule has 2 aromatic heterocycles. The highest BCUT2D eigenvalue weighted by molar-refractivity contribution is 7.16. The van der Waals surface area contributed by atoms with E-state index in [2.05, 4.69) is 47.5 Å². The fourth-order valence-electron chi connectivity index (χ4n) is 2.02. The van der Waals surface area contributed by atoms with Crippen LogP contribution in [0.15, 0.2) is 17.8 Å². The van der Waals surface area contributed by atoms with Gasteiger partial charge in [0.25, 0.3) is 0 Å². The van der Waals surface area contributed by atoms with E-state index in [0.29, 0.717) is 12.0 Å². The molecule has 0 saturated heterocycles. The Morgan fingerprint density at radius 1 is 1.35 bits per heavy atom. The van der Waals surface area contributed by atoms with Gasteiger partial charge in [0.1, 0.15) is 11.2 Å². The minimum Gasteiger partial charge on any atom is -0.314 e. The van der Waals surface area contributed by atoms with Crippen LogP contribution in [0.25, 0.3) is 10.2 Å². The fraction of sp³-hybridized carbons (Fsp3) is 0.538. The van der Waals surface area contributed by atoms with Crippen LogP contribution in [-0.2, 0) is 6.42 Å². The SMILES string of the molecule is CCNC(Cc1ncnc2sccc12)C(C)C. The zero-order chi connectivity index (χ0) is 12.3. The van der Waals surface area contributed by atoms with Crippen molar-refractivity contribution in [3.05, 3.63) is 23.5 Å². The van der Waals surface area contributed by atoms with Gasteiger partial charge in [-0.25, -0.2) is 9.97 Å². The van der Waals surface area contributed by atoms with Crippen molar-refractivity contribution in [2.45, 2.75) is 33.2 Å². The first-order valence-corrected chi connectivity index (χ1v) is 7.00. The molecule has 2 aromatic rings. The lowest BCUT2D eigenvalue weighted by Gasteiger charge is -2.21. The van der Waals surface area contributed by atoms with Gasteiger partial charge in [-0.15, -0.1) is 11.3 Å². The Balaban J connectivity index is 2.24. The normalized spacial score (nSPS) is 13.4. The number of thiophene rings is 1. The van der Waals surface area contributed by atoms with E-state index in [4.69, 9.17) is 0 Å². The van der Waals surface area contributed by atoms with E-state index in [0.717, 1.165) is 23.5 Å². The predicted molar refractivity (Wildman–Crippen MR) is 73.4 cm³/mol.